The summed E-state index contributed by atoms with van der Waals surface area (Å²) in [4.78, 5) is 0.889. The zero-order valence-corrected chi connectivity index (χ0v) is 14.9. The molecule has 1 saturated carbocycles. The lowest BCUT2D eigenvalue weighted by atomic mass is 9.64. The first kappa shape index (κ1) is 16.9. The second kappa shape index (κ2) is 5.65. The first-order valence-corrected chi connectivity index (χ1v) is 9.64. The van der Waals surface area contributed by atoms with Crippen LogP contribution in [0.5, 0.6) is 0 Å². The number of rotatable bonds is 4. The topological polar surface area (TPSA) is 72.2 Å². The summed E-state index contributed by atoms with van der Waals surface area (Å²) < 4.78 is 28.3. The van der Waals surface area contributed by atoms with E-state index in [0.29, 0.717) is 10.8 Å². The van der Waals surface area contributed by atoms with E-state index in [1.165, 1.54) is 11.3 Å². The van der Waals surface area contributed by atoms with Gasteiger partial charge in [0.05, 0.1) is 0 Å². The molecular formula is C15H26N2O2S2. The van der Waals surface area contributed by atoms with Crippen molar-refractivity contribution in [2.24, 2.45) is 16.6 Å². The lowest BCUT2D eigenvalue weighted by Gasteiger charge is -2.44. The molecule has 0 saturated heterocycles. The normalized spacial score (nSPS) is 22.3. The molecule has 0 atom stereocenters. The second-order valence-electron chi connectivity index (χ2n) is 7.66. The molecule has 120 valence electrons. The minimum Gasteiger partial charge on any atom is -0.326 e. The Labute approximate surface area is 132 Å². The molecule has 1 aromatic rings. The molecule has 0 amide bonds. The second-order valence-corrected chi connectivity index (χ2v) is 10.8. The summed E-state index contributed by atoms with van der Waals surface area (Å²) in [5, 5.41) is 0. The Balaban J connectivity index is 2.16. The molecule has 0 bridgehead atoms. The molecule has 1 aliphatic rings. The molecule has 1 aromatic heterocycles. The van der Waals surface area contributed by atoms with E-state index in [1.54, 1.807) is 12.1 Å². The number of hydrogen-bond donors (Lipinski definition) is 2. The Morgan fingerprint density at radius 2 is 1.81 bits per heavy atom. The largest absolute Gasteiger partial charge is 0.326 e. The highest BCUT2D eigenvalue weighted by atomic mass is 32.2. The monoisotopic (exact) mass is 330 g/mol. The molecule has 0 aromatic carbocycles. The van der Waals surface area contributed by atoms with Crippen LogP contribution < -0.4 is 10.5 Å². The summed E-state index contributed by atoms with van der Waals surface area (Å²) in [7, 11) is -3.44. The van der Waals surface area contributed by atoms with Gasteiger partial charge in [-0.3, -0.25) is 0 Å². The molecule has 0 unspecified atom stereocenters. The van der Waals surface area contributed by atoms with Crippen LogP contribution >= 0.6 is 11.3 Å². The molecule has 3 N–H and O–H groups in total. The van der Waals surface area contributed by atoms with Crippen molar-refractivity contribution in [2.75, 3.05) is 0 Å². The summed E-state index contributed by atoms with van der Waals surface area (Å²) in [6.45, 7) is 9.24. The van der Waals surface area contributed by atoms with Gasteiger partial charge in [0.2, 0.25) is 10.0 Å². The highest BCUT2D eigenvalue weighted by molar-refractivity contribution is 7.91. The van der Waals surface area contributed by atoms with E-state index in [9.17, 15) is 8.42 Å². The Morgan fingerprint density at radius 1 is 1.24 bits per heavy atom. The van der Waals surface area contributed by atoms with E-state index in [-0.39, 0.29) is 16.9 Å². The average Bonchev–Trinajstić information content (AvgIpc) is 2.72. The smallest absolute Gasteiger partial charge is 0.250 e. The lowest BCUT2D eigenvalue weighted by Crippen LogP contribution is -2.45. The van der Waals surface area contributed by atoms with Crippen LogP contribution in [0.3, 0.4) is 0 Å². The third-order valence-electron chi connectivity index (χ3n) is 3.98. The van der Waals surface area contributed by atoms with Crippen molar-refractivity contribution in [3.63, 3.8) is 0 Å². The lowest BCUT2D eigenvalue weighted by molar-refractivity contribution is 0.0934. The van der Waals surface area contributed by atoms with Gasteiger partial charge in [-0.15, -0.1) is 11.3 Å². The Bertz CT molecular complexity index is 587. The Morgan fingerprint density at radius 3 is 2.29 bits per heavy atom. The predicted octanol–water partition coefficient (Wildman–Crippen LogP) is 3.09. The standard InChI is InChI=1S/C15H26N2O2S2/c1-14(2)7-11(8-15(3,4)10-14)17-21(18,19)13-6-5-12(9-16)20-13/h5-6,11,17H,7-10,16H2,1-4H3. The zero-order valence-electron chi connectivity index (χ0n) is 13.3. The van der Waals surface area contributed by atoms with Crippen LogP contribution in [0, 0.1) is 10.8 Å². The summed E-state index contributed by atoms with van der Waals surface area (Å²) in [6.07, 6.45) is 2.88. The van der Waals surface area contributed by atoms with Crippen molar-refractivity contribution in [3.8, 4) is 0 Å². The number of nitrogens with one attached hydrogen (secondary N) is 1. The van der Waals surface area contributed by atoms with Crippen LogP contribution in [0.1, 0.15) is 51.8 Å². The third-order valence-corrected chi connectivity index (χ3v) is 7.10. The highest BCUT2D eigenvalue weighted by Crippen LogP contribution is 2.46. The molecule has 1 aliphatic carbocycles. The van der Waals surface area contributed by atoms with Crippen LogP contribution in [-0.4, -0.2) is 14.5 Å². The number of nitrogens with two attached hydrogens (primary N) is 1. The third kappa shape index (κ3) is 4.28. The molecule has 4 nitrogen and oxygen atoms in total. The number of hydrogen-bond acceptors (Lipinski definition) is 4. The number of thiophene rings is 1. The molecule has 1 fully saturated rings. The molecule has 0 aliphatic heterocycles. The van der Waals surface area contributed by atoms with Gasteiger partial charge in [-0.1, -0.05) is 27.7 Å². The first-order valence-electron chi connectivity index (χ1n) is 7.34. The Hall–Kier alpha value is -0.430. The van der Waals surface area contributed by atoms with Gasteiger partial charge in [-0.05, 0) is 42.2 Å². The predicted molar refractivity (Wildman–Crippen MR) is 87.7 cm³/mol. The van der Waals surface area contributed by atoms with Gasteiger partial charge in [0.25, 0.3) is 0 Å². The van der Waals surface area contributed by atoms with Gasteiger partial charge in [-0.2, -0.15) is 0 Å². The van der Waals surface area contributed by atoms with Crippen LogP contribution in [0.25, 0.3) is 0 Å². The maximum absolute atomic E-state index is 12.5. The summed E-state index contributed by atoms with van der Waals surface area (Å²) >= 11 is 1.25. The van der Waals surface area contributed by atoms with Gasteiger partial charge in [-0.25, -0.2) is 13.1 Å². The van der Waals surface area contributed by atoms with Crippen molar-refractivity contribution in [3.05, 3.63) is 17.0 Å². The van der Waals surface area contributed by atoms with Gasteiger partial charge < -0.3 is 5.73 Å². The molecular weight excluding hydrogens is 304 g/mol. The van der Waals surface area contributed by atoms with Crippen LogP contribution in [0.2, 0.25) is 0 Å². The molecule has 2 rings (SSSR count). The fourth-order valence-corrected chi connectivity index (χ4v) is 6.31. The van der Waals surface area contributed by atoms with Crippen molar-refractivity contribution >= 4 is 21.4 Å². The maximum Gasteiger partial charge on any atom is 0.250 e. The van der Waals surface area contributed by atoms with Gasteiger partial charge in [0, 0.05) is 17.5 Å². The van der Waals surface area contributed by atoms with Gasteiger partial charge >= 0.3 is 0 Å². The van der Waals surface area contributed by atoms with Crippen molar-refractivity contribution in [1.29, 1.82) is 0 Å². The molecule has 0 spiro atoms. The van der Waals surface area contributed by atoms with E-state index >= 15 is 0 Å². The van der Waals surface area contributed by atoms with E-state index < -0.39 is 10.0 Å². The van der Waals surface area contributed by atoms with Crippen LogP contribution in [0.4, 0.5) is 0 Å². The highest BCUT2D eigenvalue weighted by Gasteiger charge is 2.40. The van der Waals surface area contributed by atoms with Crippen molar-refractivity contribution in [2.45, 2.75) is 63.8 Å². The zero-order chi connectivity index (χ0) is 15.9. The van der Waals surface area contributed by atoms with E-state index in [1.807, 2.05) is 0 Å². The van der Waals surface area contributed by atoms with Gasteiger partial charge in [0.1, 0.15) is 4.21 Å². The van der Waals surface area contributed by atoms with E-state index in [4.69, 9.17) is 5.73 Å². The molecule has 1 heterocycles. The minimum atomic E-state index is -3.44. The maximum atomic E-state index is 12.5. The van der Waals surface area contributed by atoms with Crippen LogP contribution in [-0.2, 0) is 16.6 Å². The average molecular weight is 331 g/mol. The summed E-state index contributed by atoms with van der Waals surface area (Å²) in [5.41, 5.74) is 5.88. The van der Waals surface area contributed by atoms with Crippen molar-refractivity contribution < 1.29 is 8.42 Å². The fourth-order valence-electron chi connectivity index (χ4n) is 3.82. The van der Waals surface area contributed by atoms with Gasteiger partial charge in [0.15, 0.2) is 0 Å². The summed E-state index contributed by atoms with van der Waals surface area (Å²) in [5.74, 6) is 0. The Kier molecular flexibility index (Phi) is 4.55. The quantitative estimate of drug-likeness (QED) is 0.891. The molecule has 0 radical (unpaired) electrons. The summed E-state index contributed by atoms with van der Waals surface area (Å²) in [6, 6.07) is 3.43. The fraction of sp³-hybridized carbons (Fsp3) is 0.733. The first-order chi connectivity index (χ1) is 9.53. The molecule has 21 heavy (non-hydrogen) atoms. The van der Waals surface area contributed by atoms with E-state index in [0.717, 1.165) is 24.1 Å². The minimum absolute atomic E-state index is 0.00261. The van der Waals surface area contributed by atoms with Crippen LogP contribution in [0.15, 0.2) is 16.3 Å². The number of sulfonamides is 1. The van der Waals surface area contributed by atoms with Crippen molar-refractivity contribution in [1.82, 2.24) is 4.72 Å². The van der Waals surface area contributed by atoms with E-state index in [2.05, 4.69) is 32.4 Å². The SMILES string of the molecule is CC1(C)CC(NS(=O)(=O)c2ccc(CN)s2)CC(C)(C)C1. The molecule has 6 heteroatoms.